The van der Waals surface area contributed by atoms with Gasteiger partial charge in [-0.25, -0.2) is 8.42 Å². The first-order valence-electron chi connectivity index (χ1n) is 6.60. The lowest BCUT2D eigenvalue weighted by Crippen LogP contribution is -2.36. The van der Waals surface area contributed by atoms with Gasteiger partial charge in [0.15, 0.2) is 9.84 Å². The fourth-order valence-corrected chi connectivity index (χ4v) is 3.57. The molecule has 2 aromatic rings. The van der Waals surface area contributed by atoms with E-state index in [4.69, 9.17) is 23.2 Å². The van der Waals surface area contributed by atoms with Crippen LogP contribution in [0, 0.1) is 0 Å². The molecular formula is C16H14Cl2O3S. The van der Waals surface area contributed by atoms with Crippen LogP contribution < -0.4 is 0 Å². The first-order valence-corrected chi connectivity index (χ1v) is 9.01. The minimum Gasteiger partial charge on any atom is -0.290 e. The summed E-state index contributed by atoms with van der Waals surface area (Å²) in [6.07, 6.45) is 0. The number of benzene rings is 2. The van der Waals surface area contributed by atoms with Crippen LogP contribution in [0.3, 0.4) is 0 Å². The predicted octanol–water partition coefficient (Wildman–Crippen LogP) is 4.10. The molecule has 0 spiro atoms. The molecule has 0 aliphatic carbocycles. The van der Waals surface area contributed by atoms with Crippen LogP contribution in [0.15, 0.2) is 54.6 Å². The Hall–Kier alpha value is -1.36. The van der Waals surface area contributed by atoms with Gasteiger partial charge in [-0.3, -0.25) is 4.79 Å². The van der Waals surface area contributed by atoms with E-state index in [0.717, 1.165) is 11.1 Å². The van der Waals surface area contributed by atoms with Crippen LogP contribution in [0.25, 0.3) is 11.1 Å². The summed E-state index contributed by atoms with van der Waals surface area (Å²) in [5, 5.41) is 0. The molecule has 0 aliphatic rings. The van der Waals surface area contributed by atoms with Gasteiger partial charge in [0.2, 0.25) is 5.78 Å². The van der Waals surface area contributed by atoms with Crippen molar-refractivity contribution in [2.45, 2.75) is 10.6 Å². The molecule has 2 rings (SSSR count). The van der Waals surface area contributed by atoms with E-state index in [1.54, 1.807) is 12.1 Å². The predicted molar refractivity (Wildman–Crippen MR) is 90.1 cm³/mol. The van der Waals surface area contributed by atoms with E-state index >= 15 is 0 Å². The SMILES string of the molecule is CCS(=O)(=O)C(Cl)(Cl)C(=O)c1ccc(-c2ccccc2)cc1. The Bertz CT molecular complexity index is 767. The Balaban J connectivity index is 2.33. The topological polar surface area (TPSA) is 51.2 Å². The van der Waals surface area contributed by atoms with Gasteiger partial charge in [0.25, 0.3) is 3.67 Å². The first kappa shape index (κ1) is 17.0. The van der Waals surface area contributed by atoms with Crippen LogP contribution >= 0.6 is 23.2 Å². The van der Waals surface area contributed by atoms with Crippen LogP contribution in [-0.2, 0) is 9.84 Å². The van der Waals surface area contributed by atoms with E-state index in [1.807, 2.05) is 30.3 Å². The van der Waals surface area contributed by atoms with Gasteiger partial charge in [-0.1, -0.05) is 84.7 Å². The second-order valence-electron chi connectivity index (χ2n) is 4.69. The molecule has 0 bridgehead atoms. The van der Waals surface area contributed by atoms with E-state index < -0.39 is 19.3 Å². The Morgan fingerprint density at radius 3 is 1.95 bits per heavy atom. The lowest BCUT2D eigenvalue weighted by atomic mass is 10.0. The van der Waals surface area contributed by atoms with Crippen LogP contribution in [0.5, 0.6) is 0 Å². The molecule has 0 aromatic heterocycles. The highest BCUT2D eigenvalue weighted by Gasteiger charge is 2.46. The Morgan fingerprint density at radius 1 is 0.955 bits per heavy atom. The zero-order valence-electron chi connectivity index (χ0n) is 11.8. The summed E-state index contributed by atoms with van der Waals surface area (Å²) < 4.78 is 21.2. The fourth-order valence-electron chi connectivity index (χ4n) is 1.94. The monoisotopic (exact) mass is 356 g/mol. The second-order valence-corrected chi connectivity index (χ2v) is 8.89. The highest BCUT2D eigenvalue weighted by Crippen LogP contribution is 2.33. The third kappa shape index (κ3) is 3.19. The molecule has 3 nitrogen and oxygen atoms in total. The lowest BCUT2D eigenvalue weighted by Gasteiger charge is -2.17. The molecule has 22 heavy (non-hydrogen) atoms. The third-order valence-electron chi connectivity index (χ3n) is 3.29. The van der Waals surface area contributed by atoms with Gasteiger partial charge in [0.05, 0.1) is 5.75 Å². The van der Waals surface area contributed by atoms with Gasteiger partial charge in [-0.05, 0) is 11.1 Å². The van der Waals surface area contributed by atoms with Crippen molar-refractivity contribution >= 4 is 38.8 Å². The highest BCUT2D eigenvalue weighted by atomic mass is 35.5. The van der Waals surface area contributed by atoms with Crippen LogP contribution in [0.4, 0.5) is 0 Å². The van der Waals surface area contributed by atoms with Crippen LogP contribution in [-0.4, -0.2) is 23.6 Å². The summed E-state index contributed by atoms with van der Waals surface area (Å²) in [5.41, 5.74) is 2.05. The molecule has 0 aliphatic heterocycles. The Labute approximate surface area is 139 Å². The Kier molecular flexibility index (Phi) is 4.95. The number of rotatable bonds is 5. The highest BCUT2D eigenvalue weighted by molar-refractivity contribution is 7.96. The zero-order valence-corrected chi connectivity index (χ0v) is 14.1. The molecule has 0 unspecified atom stereocenters. The number of Topliss-reactive ketones (excluding diaryl/α,β-unsaturated/α-hetero) is 1. The zero-order chi connectivity index (χ0) is 16.4. The summed E-state index contributed by atoms with van der Waals surface area (Å²) in [5.74, 6) is -1.15. The number of halogens is 2. The molecule has 0 radical (unpaired) electrons. The smallest absolute Gasteiger partial charge is 0.280 e. The Morgan fingerprint density at radius 2 is 1.45 bits per heavy atom. The number of ketones is 1. The molecule has 0 saturated heterocycles. The maximum Gasteiger partial charge on any atom is 0.280 e. The van der Waals surface area contributed by atoms with Gasteiger partial charge in [0.1, 0.15) is 0 Å². The lowest BCUT2D eigenvalue weighted by molar-refractivity contribution is 0.0996. The molecule has 0 fully saturated rings. The van der Waals surface area contributed by atoms with Crippen LogP contribution in [0.2, 0.25) is 0 Å². The fraction of sp³-hybridized carbons (Fsp3) is 0.188. The number of sulfone groups is 1. The summed E-state index contributed by atoms with van der Waals surface area (Å²) >= 11 is 11.6. The molecule has 0 saturated carbocycles. The summed E-state index contributed by atoms with van der Waals surface area (Å²) in [6, 6.07) is 16.1. The van der Waals surface area contributed by atoms with Crippen molar-refractivity contribution in [3.05, 3.63) is 60.2 Å². The van der Waals surface area contributed by atoms with Crippen molar-refractivity contribution in [1.82, 2.24) is 0 Å². The van der Waals surface area contributed by atoms with Crippen LogP contribution in [0.1, 0.15) is 17.3 Å². The minimum atomic E-state index is -3.93. The van der Waals surface area contributed by atoms with Crippen molar-refractivity contribution in [3.63, 3.8) is 0 Å². The number of carbonyl (C=O) groups excluding carboxylic acids is 1. The quantitative estimate of drug-likeness (QED) is 0.598. The van der Waals surface area contributed by atoms with Gasteiger partial charge in [-0.2, -0.15) is 0 Å². The van der Waals surface area contributed by atoms with E-state index in [2.05, 4.69) is 0 Å². The van der Waals surface area contributed by atoms with Crippen molar-refractivity contribution in [1.29, 1.82) is 0 Å². The maximum absolute atomic E-state index is 12.3. The van der Waals surface area contributed by atoms with Crippen molar-refractivity contribution < 1.29 is 13.2 Å². The van der Waals surface area contributed by atoms with E-state index in [-0.39, 0.29) is 11.3 Å². The van der Waals surface area contributed by atoms with Crippen molar-refractivity contribution in [2.75, 3.05) is 5.75 Å². The summed E-state index contributed by atoms with van der Waals surface area (Å²) in [6.45, 7) is 1.39. The molecule has 116 valence electrons. The van der Waals surface area contributed by atoms with E-state index in [1.165, 1.54) is 19.1 Å². The summed E-state index contributed by atoms with van der Waals surface area (Å²) in [7, 11) is -3.93. The van der Waals surface area contributed by atoms with Gasteiger partial charge < -0.3 is 0 Å². The number of hydrogen-bond donors (Lipinski definition) is 0. The molecule has 2 aromatic carbocycles. The molecule has 0 amide bonds. The molecule has 6 heteroatoms. The first-order chi connectivity index (χ1) is 10.3. The third-order valence-corrected chi connectivity index (χ3v) is 6.77. The molecule has 0 N–H and O–H groups in total. The summed E-state index contributed by atoms with van der Waals surface area (Å²) in [4.78, 5) is 12.3. The minimum absolute atomic E-state index is 0.154. The van der Waals surface area contributed by atoms with E-state index in [0.29, 0.717) is 0 Å². The van der Waals surface area contributed by atoms with Gasteiger partial charge in [-0.15, -0.1) is 0 Å². The van der Waals surface area contributed by atoms with Gasteiger partial charge >= 0.3 is 0 Å². The van der Waals surface area contributed by atoms with Gasteiger partial charge in [0, 0.05) is 5.56 Å². The average molecular weight is 357 g/mol. The maximum atomic E-state index is 12.3. The number of alkyl halides is 2. The van der Waals surface area contributed by atoms with E-state index in [9.17, 15) is 13.2 Å². The molecular weight excluding hydrogens is 343 g/mol. The number of hydrogen-bond acceptors (Lipinski definition) is 3. The van der Waals surface area contributed by atoms with Crippen molar-refractivity contribution in [3.8, 4) is 11.1 Å². The largest absolute Gasteiger partial charge is 0.290 e. The molecule has 0 atom stereocenters. The normalized spacial score (nSPS) is 12.1. The standard InChI is InChI=1S/C16H14Cl2O3S/c1-2-22(20,21)16(17,18)15(19)14-10-8-13(9-11-14)12-6-4-3-5-7-12/h3-11H,2H2,1H3. The van der Waals surface area contributed by atoms with Crippen molar-refractivity contribution in [2.24, 2.45) is 0 Å². The average Bonchev–Trinajstić information content (AvgIpc) is 2.55. The second kappa shape index (κ2) is 6.41. The molecule has 0 heterocycles. The number of carbonyl (C=O) groups is 1.